The quantitative estimate of drug-likeness (QED) is 0.475. The summed E-state index contributed by atoms with van der Waals surface area (Å²) in [7, 11) is -2.53. The van der Waals surface area contributed by atoms with Crippen LogP contribution in [0.5, 0.6) is 11.5 Å². The van der Waals surface area contributed by atoms with Gasteiger partial charge < -0.3 is 15.2 Å². The van der Waals surface area contributed by atoms with Crippen LogP contribution in [0, 0.1) is 0 Å². The molecule has 3 N–H and O–H groups in total. The molecule has 0 bridgehead atoms. The number of fused-ring (bicyclic) bond motifs is 1. The summed E-state index contributed by atoms with van der Waals surface area (Å²) in [6, 6.07) is 10.4. The van der Waals surface area contributed by atoms with E-state index in [4.69, 9.17) is 4.74 Å². The molecule has 4 rings (SSSR count). The first-order valence-electron chi connectivity index (χ1n) is 9.78. The van der Waals surface area contributed by atoms with Crippen molar-refractivity contribution in [1.82, 2.24) is 0 Å². The highest BCUT2D eigenvalue weighted by atomic mass is 32.2. The molecule has 0 aliphatic heterocycles. The van der Waals surface area contributed by atoms with Gasteiger partial charge in [-0.2, -0.15) is 0 Å². The van der Waals surface area contributed by atoms with E-state index < -0.39 is 10.0 Å². The van der Waals surface area contributed by atoms with Crippen molar-refractivity contribution in [3.05, 3.63) is 63.8 Å². The summed E-state index contributed by atoms with van der Waals surface area (Å²) in [5.74, 6) is -0.198. The van der Waals surface area contributed by atoms with Gasteiger partial charge in [0, 0.05) is 10.3 Å². The molecule has 3 aromatic rings. The van der Waals surface area contributed by atoms with Crippen LogP contribution < -0.4 is 14.8 Å². The van der Waals surface area contributed by atoms with Crippen LogP contribution in [-0.4, -0.2) is 26.5 Å². The molecule has 0 unspecified atom stereocenters. The Bertz CT molecular complexity index is 1230. The van der Waals surface area contributed by atoms with Crippen molar-refractivity contribution in [3.8, 4) is 11.5 Å². The number of aryl methyl sites for hydroxylation is 1. The van der Waals surface area contributed by atoms with Crippen LogP contribution in [0.25, 0.3) is 0 Å². The maximum atomic E-state index is 12.9. The third kappa shape index (κ3) is 4.38. The zero-order valence-electron chi connectivity index (χ0n) is 16.8. The van der Waals surface area contributed by atoms with Crippen LogP contribution in [0.15, 0.2) is 52.7 Å². The second-order valence-electron chi connectivity index (χ2n) is 7.20. The van der Waals surface area contributed by atoms with Gasteiger partial charge in [0.15, 0.2) is 0 Å². The third-order valence-electron chi connectivity index (χ3n) is 5.18. The van der Waals surface area contributed by atoms with Gasteiger partial charge >= 0.3 is 0 Å². The smallest absolute Gasteiger partial charge is 0.262 e. The van der Waals surface area contributed by atoms with Crippen molar-refractivity contribution in [2.75, 3.05) is 17.1 Å². The molecule has 162 valence electrons. The highest BCUT2D eigenvalue weighted by Crippen LogP contribution is 2.33. The number of rotatable bonds is 6. The fraction of sp³-hybridized carbons (Fsp3) is 0.227. The van der Waals surface area contributed by atoms with E-state index in [0.29, 0.717) is 11.3 Å². The number of nitrogens with one attached hydrogen (secondary N) is 2. The maximum Gasteiger partial charge on any atom is 0.262 e. The van der Waals surface area contributed by atoms with E-state index in [1.807, 2.05) is 5.38 Å². The number of anilines is 2. The van der Waals surface area contributed by atoms with E-state index >= 15 is 0 Å². The number of phenols is 1. The molecule has 0 saturated carbocycles. The lowest BCUT2D eigenvalue weighted by atomic mass is 9.95. The minimum atomic E-state index is -3.98. The molecule has 0 fully saturated rings. The number of sulfonamides is 1. The topological polar surface area (TPSA) is 105 Å². The molecular formula is C22H22N2O5S2. The number of amides is 1. The average molecular weight is 459 g/mol. The van der Waals surface area contributed by atoms with Crippen molar-refractivity contribution in [2.45, 2.75) is 30.6 Å². The fourth-order valence-electron chi connectivity index (χ4n) is 3.59. The van der Waals surface area contributed by atoms with Gasteiger partial charge in [-0.15, -0.1) is 11.3 Å². The van der Waals surface area contributed by atoms with E-state index in [-0.39, 0.29) is 27.9 Å². The van der Waals surface area contributed by atoms with E-state index in [1.54, 1.807) is 35.6 Å². The second-order valence-corrected chi connectivity index (χ2v) is 9.84. The molecule has 1 aromatic heterocycles. The highest BCUT2D eigenvalue weighted by molar-refractivity contribution is 7.92. The Morgan fingerprint density at radius 1 is 1.10 bits per heavy atom. The Labute approximate surface area is 184 Å². The number of hydrogen-bond donors (Lipinski definition) is 3. The van der Waals surface area contributed by atoms with Crippen LogP contribution in [0.3, 0.4) is 0 Å². The number of aromatic hydroxyl groups is 1. The molecule has 1 aliphatic carbocycles. The Balaban J connectivity index is 1.59. The molecule has 0 saturated heterocycles. The second kappa shape index (κ2) is 8.60. The lowest BCUT2D eigenvalue weighted by Gasteiger charge is -2.14. The SMILES string of the molecule is COc1ccccc1NS(=O)(=O)c1ccc(O)c(NC(=O)c2csc3c2CCCC3)c1. The lowest BCUT2D eigenvalue weighted by molar-refractivity contribution is 0.102. The molecule has 1 aliphatic rings. The number of phenolic OH excluding ortho intramolecular Hbond substituents is 1. The average Bonchev–Trinajstić information content (AvgIpc) is 3.19. The number of methoxy groups -OCH3 is 1. The number of benzene rings is 2. The summed E-state index contributed by atoms with van der Waals surface area (Å²) >= 11 is 1.57. The predicted octanol–water partition coefficient (Wildman–Crippen LogP) is 4.39. The van der Waals surface area contributed by atoms with Crippen molar-refractivity contribution >= 4 is 38.6 Å². The number of ether oxygens (including phenoxy) is 1. The molecule has 7 nitrogen and oxygen atoms in total. The summed E-state index contributed by atoms with van der Waals surface area (Å²) in [5, 5.41) is 14.7. The molecular weight excluding hydrogens is 436 g/mol. The van der Waals surface area contributed by atoms with Crippen LogP contribution in [0.1, 0.15) is 33.6 Å². The van der Waals surface area contributed by atoms with Gasteiger partial charge in [0.25, 0.3) is 15.9 Å². The van der Waals surface area contributed by atoms with Gasteiger partial charge in [-0.05, 0) is 61.6 Å². The summed E-state index contributed by atoms with van der Waals surface area (Å²) < 4.78 is 33.4. The van der Waals surface area contributed by atoms with Crippen LogP contribution in [0.4, 0.5) is 11.4 Å². The standard InChI is InChI=1S/C22H22N2O5S2/c1-29-20-8-4-3-7-17(20)24-31(27,28)14-10-11-19(25)18(12-14)23-22(26)16-13-30-21-9-5-2-6-15(16)21/h3-4,7-8,10-13,24-25H,2,5-6,9H2,1H3,(H,23,26). The Morgan fingerprint density at radius 2 is 1.87 bits per heavy atom. The summed E-state index contributed by atoms with van der Waals surface area (Å²) in [4.78, 5) is 14.0. The molecule has 1 heterocycles. The molecule has 1 amide bonds. The Hall–Kier alpha value is -3.04. The molecule has 0 atom stereocenters. The summed E-state index contributed by atoms with van der Waals surface area (Å²) in [6.45, 7) is 0. The molecule has 0 spiro atoms. The van der Waals surface area contributed by atoms with Gasteiger partial charge in [0.2, 0.25) is 0 Å². The lowest BCUT2D eigenvalue weighted by Crippen LogP contribution is -2.16. The van der Waals surface area contributed by atoms with Crippen LogP contribution in [0.2, 0.25) is 0 Å². The van der Waals surface area contributed by atoms with Gasteiger partial charge in [-0.1, -0.05) is 12.1 Å². The predicted molar refractivity (Wildman–Crippen MR) is 121 cm³/mol. The normalized spacial score (nSPS) is 13.3. The van der Waals surface area contributed by atoms with Gasteiger partial charge in [0.1, 0.15) is 11.5 Å². The number of carbonyl (C=O) groups excluding carboxylic acids is 1. The monoisotopic (exact) mass is 458 g/mol. The van der Waals surface area contributed by atoms with Crippen molar-refractivity contribution in [3.63, 3.8) is 0 Å². The Kier molecular flexibility index (Phi) is 5.88. The van der Waals surface area contributed by atoms with Crippen LogP contribution in [-0.2, 0) is 22.9 Å². The number of carbonyl (C=O) groups is 1. The van der Waals surface area contributed by atoms with Gasteiger partial charge in [-0.3, -0.25) is 9.52 Å². The Morgan fingerprint density at radius 3 is 2.68 bits per heavy atom. The first kappa shape index (κ1) is 21.2. The van der Waals surface area contributed by atoms with Gasteiger partial charge in [0.05, 0.1) is 28.9 Å². The first-order valence-corrected chi connectivity index (χ1v) is 12.1. The number of hydrogen-bond acceptors (Lipinski definition) is 6. The third-order valence-corrected chi connectivity index (χ3v) is 7.64. The zero-order valence-corrected chi connectivity index (χ0v) is 18.5. The van der Waals surface area contributed by atoms with Crippen LogP contribution >= 0.6 is 11.3 Å². The minimum absolute atomic E-state index is 0.0312. The summed E-state index contributed by atoms with van der Waals surface area (Å²) in [6.07, 6.45) is 3.98. The maximum absolute atomic E-state index is 12.9. The van der Waals surface area contributed by atoms with Gasteiger partial charge in [-0.25, -0.2) is 8.42 Å². The van der Waals surface area contributed by atoms with E-state index in [1.165, 1.54) is 30.2 Å². The van der Waals surface area contributed by atoms with Crippen molar-refractivity contribution in [2.24, 2.45) is 0 Å². The van der Waals surface area contributed by atoms with E-state index in [0.717, 1.165) is 31.2 Å². The van der Waals surface area contributed by atoms with Crippen molar-refractivity contribution in [1.29, 1.82) is 0 Å². The highest BCUT2D eigenvalue weighted by Gasteiger charge is 2.22. The zero-order chi connectivity index (χ0) is 22.0. The minimum Gasteiger partial charge on any atom is -0.506 e. The number of thiophene rings is 1. The molecule has 0 radical (unpaired) electrons. The molecule has 2 aromatic carbocycles. The number of para-hydroxylation sites is 2. The fourth-order valence-corrected chi connectivity index (χ4v) is 5.81. The summed E-state index contributed by atoms with van der Waals surface area (Å²) in [5.41, 5.74) is 1.95. The van der Waals surface area contributed by atoms with Crippen molar-refractivity contribution < 1.29 is 23.1 Å². The largest absolute Gasteiger partial charge is 0.506 e. The van der Waals surface area contributed by atoms with E-state index in [2.05, 4.69) is 10.0 Å². The van der Waals surface area contributed by atoms with E-state index in [9.17, 15) is 18.3 Å². The first-order chi connectivity index (χ1) is 14.9. The molecule has 31 heavy (non-hydrogen) atoms. The molecule has 9 heteroatoms.